The highest BCUT2D eigenvalue weighted by Crippen LogP contribution is 2.36. The van der Waals surface area contributed by atoms with E-state index in [2.05, 4.69) is 20.0 Å². The molecular weight excluding hydrogens is 541 g/mol. The highest BCUT2D eigenvalue weighted by atomic mass is 32.2. The summed E-state index contributed by atoms with van der Waals surface area (Å²) in [7, 11) is -0.803. The lowest BCUT2D eigenvalue weighted by Gasteiger charge is -2.32. The fraction of sp³-hybridized carbons (Fsp3) is 0.360. The van der Waals surface area contributed by atoms with E-state index in [1.165, 1.54) is 31.3 Å². The first-order valence-electron chi connectivity index (χ1n) is 11.8. The second kappa shape index (κ2) is 12.2. The third-order valence-electron chi connectivity index (χ3n) is 5.88. The van der Waals surface area contributed by atoms with Gasteiger partial charge in [0.2, 0.25) is 21.9 Å². The molecule has 0 spiro atoms. The number of nitrogens with one attached hydrogen (secondary N) is 2. The Hall–Kier alpha value is -3.46. The van der Waals surface area contributed by atoms with Crippen molar-refractivity contribution in [2.45, 2.75) is 36.3 Å². The van der Waals surface area contributed by atoms with E-state index in [0.717, 1.165) is 5.56 Å². The molecule has 1 saturated heterocycles. The first-order valence-corrected chi connectivity index (χ1v) is 13.3. The molecule has 1 fully saturated rings. The summed E-state index contributed by atoms with van der Waals surface area (Å²) in [5.74, 6) is -0.128. The standard InChI is InChI=1S/C25H27F3N4O6S/c1-29-39(33,34)19-9-5-17(6-10-19)31-24-30-13-20(25(26,27)28)23(32-24)38-21-11-12-36-15-22(21)37-14-16-3-7-18(35-2)8-4-16/h3-10,13,21-22,29H,11-12,14-15H2,1-2H3,(H,30,31,32)/t21-,22+/m1/s1. The number of methoxy groups -OCH3 is 1. The number of nitrogens with zero attached hydrogens (tertiary/aromatic N) is 2. The summed E-state index contributed by atoms with van der Waals surface area (Å²) in [5, 5.41) is 2.77. The summed E-state index contributed by atoms with van der Waals surface area (Å²) in [6.07, 6.45) is -5.24. The Bertz CT molecular complexity index is 1360. The lowest BCUT2D eigenvalue weighted by Crippen LogP contribution is -2.43. The van der Waals surface area contributed by atoms with Crippen LogP contribution >= 0.6 is 0 Å². The summed E-state index contributed by atoms with van der Waals surface area (Å²) in [6.45, 7) is 0.618. The minimum atomic E-state index is -4.76. The maximum atomic E-state index is 13.8. The van der Waals surface area contributed by atoms with Gasteiger partial charge in [0.05, 0.1) is 31.8 Å². The molecule has 39 heavy (non-hydrogen) atoms. The smallest absolute Gasteiger partial charge is 0.423 e. The van der Waals surface area contributed by atoms with Crippen molar-refractivity contribution < 1.29 is 40.5 Å². The van der Waals surface area contributed by atoms with Crippen LogP contribution < -0.4 is 19.5 Å². The van der Waals surface area contributed by atoms with E-state index in [0.29, 0.717) is 24.1 Å². The average molecular weight is 569 g/mol. The van der Waals surface area contributed by atoms with Gasteiger partial charge in [-0.15, -0.1) is 0 Å². The van der Waals surface area contributed by atoms with E-state index < -0.39 is 39.9 Å². The van der Waals surface area contributed by atoms with Crippen molar-refractivity contribution >= 4 is 21.7 Å². The van der Waals surface area contributed by atoms with E-state index in [1.807, 2.05) is 12.1 Å². The van der Waals surface area contributed by atoms with E-state index in [4.69, 9.17) is 18.9 Å². The second-order valence-electron chi connectivity index (χ2n) is 8.48. The maximum Gasteiger partial charge on any atom is 0.423 e. The van der Waals surface area contributed by atoms with Gasteiger partial charge in [-0.1, -0.05) is 12.1 Å². The van der Waals surface area contributed by atoms with Crippen molar-refractivity contribution in [3.63, 3.8) is 0 Å². The van der Waals surface area contributed by atoms with Crippen LogP contribution in [-0.2, 0) is 32.3 Å². The Balaban J connectivity index is 1.51. The number of ether oxygens (including phenoxy) is 4. The predicted molar refractivity (Wildman–Crippen MR) is 134 cm³/mol. The molecular formula is C25H27F3N4O6S. The Morgan fingerprint density at radius 3 is 2.44 bits per heavy atom. The Kier molecular flexibility index (Phi) is 8.90. The minimum absolute atomic E-state index is 0.0214. The van der Waals surface area contributed by atoms with Crippen LogP contribution in [0.2, 0.25) is 0 Å². The normalized spacial score (nSPS) is 18.0. The molecule has 3 aromatic rings. The third kappa shape index (κ3) is 7.35. The summed E-state index contributed by atoms with van der Waals surface area (Å²) in [6, 6.07) is 12.8. The Morgan fingerprint density at radius 1 is 1.08 bits per heavy atom. The van der Waals surface area contributed by atoms with Gasteiger partial charge in [0.25, 0.3) is 0 Å². The molecule has 210 valence electrons. The predicted octanol–water partition coefficient (Wildman–Crippen LogP) is 3.91. The summed E-state index contributed by atoms with van der Waals surface area (Å²) in [5.41, 5.74) is 0.0737. The van der Waals surface area contributed by atoms with Gasteiger partial charge in [0.15, 0.2) is 0 Å². The number of hydrogen-bond donors (Lipinski definition) is 2. The molecule has 4 rings (SSSR count). The molecule has 14 heteroatoms. The lowest BCUT2D eigenvalue weighted by molar-refractivity contribution is -0.144. The van der Waals surface area contributed by atoms with Gasteiger partial charge >= 0.3 is 6.18 Å². The molecule has 0 aliphatic carbocycles. The molecule has 2 N–H and O–H groups in total. The highest BCUT2D eigenvalue weighted by Gasteiger charge is 2.38. The van der Waals surface area contributed by atoms with E-state index >= 15 is 0 Å². The number of aromatic nitrogens is 2. The number of sulfonamides is 1. The zero-order chi connectivity index (χ0) is 28.0. The molecule has 2 aromatic carbocycles. The fourth-order valence-corrected chi connectivity index (χ4v) is 4.46. The second-order valence-corrected chi connectivity index (χ2v) is 10.4. The number of halogens is 3. The molecule has 10 nitrogen and oxygen atoms in total. The van der Waals surface area contributed by atoms with Crippen LogP contribution in [0.5, 0.6) is 11.6 Å². The Morgan fingerprint density at radius 2 is 1.79 bits per heavy atom. The van der Waals surface area contributed by atoms with Crippen LogP contribution in [0.3, 0.4) is 0 Å². The number of alkyl halides is 3. The molecule has 0 saturated carbocycles. The van der Waals surface area contributed by atoms with Crippen LogP contribution in [0.15, 0.2) is 59.6 Å². The molecule has 2 atom stereocenters. The largest absolute Gasteiger partial charge is 0.497 e. The molecule has 1 aromatic heterocycles. The van der Waals surface area contributed by atoms with Gasteiger partial charge in [-0.25, -0.2) is 18.1 Å². The van der Waals surface area contributed by atoms with Gasteiger partial charge in [0.1, 0.15) is 23.5 Å². The van der Waals surface area contributed by atoms with Crippen molar-refractivity contribution in [3.05, 3.63) is 65.9 Å². The van der Waals surface area contributed by atoms with Gasteiger partial charge in [-0.2, -0.15) is 18.2 Å². The van der Waals surface area contributed by atoms with Crippen LogP contribution in [-0.4, -0.2) is 58.0 Å². The molecule has 0 amide bonds. The summed E-state index contributed by atoms with van der Waals surface area (Å²) < 4.78 is 89.7. The topological polar surface area (TPSA) is 121 Å². The lowest BCUT2D eigenvalue weighted by atomic mass is 10.1. The van der Waals surface area contributed by atoms with Crippen molar-refractivity contribution in [3.8, 4) is 11.6 Å². The van der Waals surface area contributed by atoms with Crippen molar-refractivity contribution in [1.82, 2.24) is 14.7 Å². The summed E-state index contributed by atoms with van der Waals surface area (Å²) in [4.78, 5) is 7.78. The van der Waals surface area contributed by atoms with Gasteiger partial charge < -0.3 is 24.3 Å². The first-order chi connectivity index (χ1) is 18.6. The quantitative estimate of drug-likeness (QED) is 0.375. The molecule has 1 aliphatic rings. The van der Waals surface area contributed by atoms with E-state index in [1.54, 1.807) is 19.2 Å². The summed E-state index contributed by atoms with van der Waals surface area (Å²) >= 11 is 0. The molecule has 2 heterocycles. The third-order valence-corrected chi connectivity index (χ3v) is 7.31. The average Bonchev–Trinajstić information content (AvgIpc) is 2.92. The zero-order valence-electron chi connectivity index (χ0n) is 21.1. The highest BCUT2D eigenvalue weighted by molar-refractivity contribution is 7.89. The number of hydrogen-bond acceptors (Lipinski definition) is 9. The SMILES string of the molecule is CNS(=O)(=O)c1ccc(Nc2ncc(C(F)(F)F)c(O[C@@H]3CCOC[C@@H]3OCc3ccc(OC)cc3)n2)cc1. The molecule has 0 radical (unpaired) electrons. The Labute approximate surface area is 223 Å². The molecule has 0 bridgehead atoms. The van der Waals surface area contributed by atoms with E-state index in [-0.39, 0.29) is 30.7 Å². The fourth-order valence-electron chi connectivity index (χ4n) is 3.73. The van der Waals surface area contributed by atoms with E-state index in [9.17, 15) is 21.6 Å². The first kappa shape index (κ1) is 28.5. The molecule has 0 unspecified atom stereocenters. The van der Waals surface area contributed by atoms with Crippen LogP contribution in [0.1, 0.15) is 17.5 Å². The van der Waals surface area contributed by atoms with Crippen LogP contribution in [0, 0.1) is 0 Å². The number of benzene rings is 2. The van der Waals surface area contributed by atoms with Crippen LogP contribution in [0.4, 0.5) is 24.8 Å². The van der Waals surface area contributed by atoms with Crippen LogP contribution in [0.25, 0.3) is 0 Å². The zero-order valence-corrected chi connectivity index (χ0v) is 21.9. The number of anilines is 2. The van der Waals surface area contributed by atoms with Crippen molar-refractivity contribution in [1.29, 1.82) is 0 Å². The monoisotopic (exact) mass is 568 g/mol. The number of rotatable bonds is 10. The minimum Gasteiger partial charge on any atom is -0.497 e. The molecule has 1 aliphatic heterocycles. The maximum absolute atomic E-state index is 13.8. The van der Waals surface area contributed by atoms with Gasteiger partial charge in [0, 0.05) is 18.3 Å². The van der Waals surface area contributed by atoms with Gasteiger partial charge in [-0.05, 0) is 49.0 Å². The van der Waals surface area contributed by atoms with Crippen molar-refractivity contribution in [2.24, 2.45) is 0 Å². The van der Waals surface area contributed by atoms with Crippen molar-refractivity contribution in [2.75, 3.05) is 32.7 Å². The van der Waals surface area contributed by atoms with Gasteiger partial charge in [-0.3, -0.25) is 0 Å².